The Hall–Kier alpha value is -1.97. The number of hydrogen-bond acceptors (Lipinski definition) is 3. The molecule has 1 aromatic heterocycles. The van der Waals surface area contributed by atoms with Crippen LogP contribution in [0.25, 0.3) is 11.3 Å². The van der Waals surface area contributed by atoms with Gasteiger partial charge in [-0.25, -0.2) is 0 Å². The summed E-state index contributed by atoms with van der Waals surface area (Å²) in [5.41, 5.74) is 4.41. The SMILES string of the molecule is COc1cccc(-c2n[nH]c3c2NCCC3)c1. The van der Waals surface area contributed by atoms with Crippen LogP contribution in [0.2, 0.25) is 0 Å². The number of H-pyrrole nitrogens is 1. The van der Waals surface area contributed by atoms with Crippen molar-refractivity contribution in [2.45, 2.75) is 12.8 Å². The average Bonchev–Trinajstić information content (AvgIpc) is 2.82. The second-order valence-electron chi connectivity index (χ2n) is 4.19. The number of aromatic amines is 1. The third-order valence-corrected chi connectivity index (χ3v) is 3.09. The predicted molar refractivity (Wildman–Crippen MR) is 67.4 cm³/mol. The Labute approximate surface area is 100 Å². The molecule has 1 aliphatic heterocycles. The average molecular weight is 229 g/mol. The molecule has 0 radical (unpaired) electrons. The van der Waals surface area contributed by atoms with E-state index >= 15 is 0 Å². The molecule has 2 heterocycles. The molecule has 0 amide bonds. The largest absolute Gasteiger partial charge is 0.497 e. The summed E-state index contributed by atoms with van der Waals surface area (Å²) < 4.78 is 5.24. The molecule has 4 nitrogen and oxygen atoms in total. The van der Waals surface area contributed by atoms with Crippen LogP contribution in [0.4, 0.5) is 5.69 Å². The zero-order valence-electron chi connectivity index (χ0n) is 9.79. The van der Waals surface area contributed by atoms with Crippen LogP contribution < -0.4 is 10.1 Å². The van der Waals surface area contributed by atoms with Gasteiger partial charge in [0.2, 0.25) is 0 Å². The van der Waals surface area contributed by atoms with Gasteiger partial charge in [0.25, 0.3) is 0 Å². The van der Waals surface area contributed by atoms with Gasteiger partial charge >= 0.3 is 0 Å². The molecule has 88 valence electrons. The number of aromatic nitrogens is 2. The number of hydrogen-bond donors (Lipinski definition) is 2. The Balaban J connectivity index is 2.05. The summed E-state index contributed by atoms with van der Waals surface area (Å²) in [7, 11) is 1.68. The van der Waals surface area contributed by atoms with E-state index in [1.807, 2.05) is 18.2 Å². The lowest BCUT2D eigenvalue weighted by Gasteiger charge is -2.14. The Morgan fingerprint density at radius 1 is 1.35 bits per heavy atom. The van der Waals surface area contributed by atoms with Gasteiger partial charge in [-0.05, 0) is 25.0 Å². The highest BCUT2D eigenvalue weighted by atomic mass is 16.5. The van der Waals surface area contributed by atoms with E-state index < -0.39 is 0 Å². The summed E-state index contributed by atoms with van der Waals surface area (Å²) in [6.07, 6.45) is 2.23. The van der Waals surface area contributed by atoms with Crippen molar-refractivity contribution < 1.29 is 4.74 Å². The maximum atomic E-state index is 5.24. The van der Waals surface area contributed by atoms with Gasteiger partial charge in [0.1, 0.15) is 11.4 Å². The molecule has 0 atom stereocenters. The molecular formula is C13H15N3O. The highest BCUT2D eigenvalue weighted by molar-refractivity contribution is 5.77. The third-order valence-electron chi connectivity index (χ3n) is 3.09. The lowest BCUT2D eigenvalue weighted by molar-refractivity contribution is 0.415. The van der Waals surface area contributed by atoms with Gasteiger partial charge in [-0.1, -0.05) is 12.1 Å². The van der Waals surface area contributed by atoms with Gasteiger partial charge in [0.05, 0.1) is 18.5 Å². The number of benzene rings is 1. The van der Waals surface area contributed by atoms with Crippen molar-refractivity contribution >= 4 is 5.69 Å². The second-order valence-corrected chi connectivity index (χ2v) is 4.19. The van der Waals surface area contributed by atoms with Crippen LogP contribution in [0.15, 0.2) is 24.3 Å². The van der Waals surface area contributed by atoms with Crippen LogP contribution in [-0.4, -0.2) is 23.9 Å². The first kappa shape index (κ1) is 10.2. The molecule has 1 aromatic carbocycles. The fraction of sp³-hybridized carbons (Fsp3) is 0.308. The molecule has 4 heteroatoms. The minimum Gasteiger partial charge on any atom is -0.497 e. The summed E-state index contributed by atoms with van der Waals surface area (Å²) in [4.78, 5) is 0. The molecular weight excluding hydrogens is 214 g/mol. The highest BCUT2D eigenvalue weighted by Crippen LogP contribution is 2.32. The van der Waals surface area contributed by atoms with Crippen molar-refractivity contribution in [2.24, 2.45) is 0 Å². The van der Waals surface area contributed by atoms with E-state index in [1.165, 1.54) is 5.69 Å². The molecule has 0 aliphatic carbocycles. The van der Waals surface area contributed by atoms with Crippen LogP contribution in [0.1, 0.15) is 12.1 Å². The number of nitrogens with one attached hydrogen (secondary N) is 2. The minimum atomic E-state index is 0.857. The Bertz CT molecular complexity index is 533. The van der Waals surface area contributed by atoms with Crippen LogP contribution in [-0.2, 0) is 6.42 Å². The molecule has 0 spiro atoms. The summed E-state index contributed by atoms with van der Waals surface area (Å²) in [6.45, 7) is 1.02. The summed E-state index contributed by atoms with van der Waals surface area (Å²) in [5, 5.41) is 10.9. The van der Waals surface area contributed by atoms with Gasteiger partial charge in [0, 0.05) is 12.1 Å². The van der Waals surface area contributed by atoms with Crippen molar-refractivity contribution in [3.05, 3.63) is 30.0 Å². The lowest BCUT2D eigenvalue weighted by Crippen LogP contribution is -2.10. The minimum absolute atomic E-state index is 0.857. The number of anilines is 1. The van der Waals surface area contributed by atoms with E-state index in [2.05, 4.69) is 21.6 Å². The van der Waals surface area contributed by atoms with Crippen molar-refractivity contribution in [3.8, 4) is 17.0 Å². The number of aryl methyl sites for hydroxylation is 1. The first-order valence-corrected chi connectivity index (χ1v) is 5.84. The lowest BCUT2D eigenvalue weighted by atomic mass is 10.1. The first-order chi connectivity index (χ1) is 8.38. The number of methoxy groups -OCH3 is 1. The summed E-state index contributed by atoms with van der Waals surface area (Å²) in [6, 6.07) is 7.98. The molecule has 1 aliphatic rings. The number of fused-ring (bicyclic) bond motifs is 1. The van der Waals surface area contributed by atoms with E-state index in [9.17, 15) is 0 Å². The van der Waals surface area contributed by atoms with E-state index in [4.69, 9.17) is 4.74 Å². The van der Waals surface area contributed by atoms with Gasteiger partial charge in [-0.3, -0.25) is 5.10 Å². The fourth-order valence-corrected chi connectivity index (χ4v) is 2.21. The van der Waals surface area contributed by atoms with E-state index in [1.54, 1.807) is 7.11 Å². The molecule has 0 saturated heterocycles. The molecule has 2 N–H and O–H groups in total. The summed E-state index contributed by atoms with van der Waals surface area (Å²) in [5.74, 6) is 0.857. The maximum absolute atomic E-state index is 5.24. The fourth-order valence-electron chi connectivity index (χ4n) is 2.21. The van der Waals surface area contributed by atoms with Crippen molar-refractivity contribution in [2.75, 3.05) is 19.0 Å². The topological polar surface area (TPSA) is 49.9 Å². The Morgan fingerprint density at radius 2 is 2.29 bits per heavy atom. The van der Waals surface area contributed by atoms with E-state index in [0.717, 1.165) is 42.1 Å². The van der Waals surface area contributed by atoms with E-state index in [0.29, 0.717) is 0 Å². The molecule has 0 unspecified atom stereocenters. The number of rotatable bonds is 2. The zero-order valence-corrected chi connectivity index (χ0v) is 9.79. The van der Waals surface area contributed by atoms with Crippen LogP contribution in [0.5, 0.6) is 5.75 Å². The van der Waals surface area contributed by atoms with Crippen LogP contribution >= 0.6 is 0 Å². The monoisotopic (exact) mass is 229 g/mol. The smallest absolute Gasteiger partial charge is 0.119 e. The van der Waals surface area contributed by atoms with Crippen LogP contribution in [0, 0.1) is 0 Å². The number of ether oxygens (including phenoxy) is 1. The van der Waals surface area contributed by atoms with E-state index in [-0.39, 0.29) is 0 Å². The summed E-state index contributed by atoms with van der Waals surface area (Å²) >= 11 is 0. The molecule has 0 fully saturated rings. The normalized spacial score (nSPS) is 13.9. The Kier molecular flexibility index (Phi) is 2.48. The molecule has 17 heavy (non-hydrogen) atoms. The van der Waals surface area contributed by atoms with Crippen molar-refractivity contribution in [3.63, 3.8) is 0 Å². The van der Waals surface area contributed by atoms with Crippen molar-refractivity contribution in [1.29, 1.82) is 0 Å². The van der Waals surface area contributed by atoms with Crippen LogP contribution in [0.3, 0.4) is 0 Å². The van der Waals surface area contributed by atoms with Gasteiger partial charge < -0.3 is 10.1 Å². The maximum Gasteiger partial charge on any atom is 0.119 e. The second kappa shape index (κ2) is 4.13. The number of nitrogens with zero attached hydrogens (tertiary/aromatic N) is 1. The van der Waals surface area contributed by atoms with Gasteiger partial charge in [0.15, 0.2) is 0 Å². The standard InChI is InChI=1S/C13H15N3O/c1-17-10-5-2-4-9(8-10)12-13-11(15-16-12)6-3-7-14-13/h2,4-5,8,14H,3,6-7H2,1H3,(H,15,16). The molecule has 3 rings (SSSR count). The third kappa shape index (κ3) is 1.75. The zero-order chi connectivity index (χ0) is 11.7. The van der Waals surface area contributed by atoms with Gasteiger partial charge in [-0.15, -0.1) is 0 Å². The Morgan fingerprint density at radius 3 is 3.18 bits per heavy atom. The first-order valence-electron chi connectivity index (χ1n) is 5.84. The predicted octanol–water partition coefficient (Wildman–Crippen LogP) is 2.44. The highest BCUT2D eigenvalue weighted by Gasteiger charge is 2.17. The molecule has 0 saturated carbocycles. The quantitative estimate of drug-likeness (QED) is 0.831. The van der Waals surface area contributed by atoms with Crippen molar-refractivity contribution in [1.82, 2.24) is 10.2 Å². The molecule has 2 aromatic rings. The van der Waals surface area contributed by atoms with Gasteiger partial charge in [-0.2, -0.15) is 5.10 Å². The molecule has 0 bridgehead atoms.